The van der Waals surface area contributed by atoms with Crippen LogP contribution in [0.15, 0.2) is 53.4 Å². The van der Waals surface area contributed by atoms with Gasteiger partial charge in [0.1, 0.15) is 6.61 Å². The first kappa shape index (κ1) is 19.2. The highest BCUT2D eigenvalue weighted by molar-refractivity contribution is 7.89. The number of amides is 1. The molecule has 0 atom stereocenters. The van der Waals surface area contributed by atoms with Crippen LogP contribution >= 0.6 is 0 Å². The highest BCUT2D eigenvalue weighted by Crippen LogP contribution is 2.25. The van der Waals surface area contributed by atoms with Crippen LogP contribution in [0.25, 0.3) is 0 Å². The Labute approximate surface area is 158 Å². The summed E-state index contributed by atoms with van der Waals surface area (Å²) in [6.45, 7) is 0.955. The number of hydrogen-bond acceptors (Lipinski definition) is 5. The van der Waals surface area contributed by atoms with Crippen molar-refractivity contribution >= 4 is 21.6 Å². The number of sulfonamides is 1. The molecule has 8 heteroatoms. The van der Waals surface area contributed by atoms with Crippen molar-refractivity contribution in [3.05, 3.63) is 48.5 Å². The molecule has 7 nitrogen and oxygen atoms in total. The number of nitrogens with one attached hydrogen (secondary N) is 1. The lowest BCUT2D eigenvalue weighted by Gasteiger charge is -2.16. The number of rotatable bonds is 8. The van der Waals surface area contributed by atoms with Gasteiger partial charge >= 0.3 is 0 Å². The lowest BCUT2D eigenvalue weighted by Crippen LogP contribution is -2.28. The number of methoxy groups -OCH3 is 1. The number of nitrogens with zero attached hydrogens (tertiary/aromatic N) is 1. The summed E-state index contributed by atoms with van der Waals surface area (Å²) in [7, 11) is -2.10. The zero-order chi connectivity index (χ0) is 19.3. The Balaban J connectivity index is 1.56. The van der Waals surface area contributed by atoms with Crippen molar-refractivity contribution in [3.63, 3.8) is 0 Å². The molecule has 144 valence electrons. The standard InChI is InChI=1S/C19H22N2O5S/c1-25-17-5-2-3-6-18(17)26-14-12-20-27(23,24)16-10-8-15(9-11-16)21-13-4-7-19(21)22/h2-3,5-6,8-11,20H,4,7,12-14H2,1H3. The Kier molecular flexibility index (Phi) is 5.98. The third-order valence-electron chi connectivity index (χ3n) is 4.25. The van der Waals surface area contributed by atoms with Crippen molar-refractivity contribution in [2.75, 3.05) is 31.7 Å². The lowest BCUT2D eigenvalue weighted by atomic mass is 10.3. The van der Waals surface area contributed by atoms with E-state index in [1.54, 1.807) is 36.3 Å². The van der Waals surface area contributed by atoms with Gasteiger partial charge in [0.2, 0.25) is 15.9 Å². The summed E-state index contributed by atoms with van der Waals surface area (Å²) in [4.78, 5) is 13.6. The largest absolute Gasteiger partial charge is 0.493 e. The van der Waals surface area contributed by atoms with Crippen molar-refractivity contribution < 1.29 is 22.7 Å². The van der Waals surface area contributed by atoms with Gasteiger partial charge in [-0.15, -0.1) is 0 Å². The Morgan fingerprint density at radius 1 is 1.07 bits per heavy atom. The fraction of sp³-hybridized carbons (Fsp3) is 0.316. The zero-order valence-electron chi connectivity index (χ0n) is 15.1. The molecule has 0 bridgehead atoms. The number of carbonyl (C=O) groups is 1. The molecule has 0 unspecified atom stereocenters. The number of anilines is 1. The number of hydrogen-bond donors (Lipinski definition) is 1. The Morgan fingerprint density at radius 3 is 2.41 bits per heavy atom. The van der Waals surface area contributed by atoms with Crippen molar-refractivity contribution in [1.29, 1.82) is 0 Å². The maximum atomic E-state index is 12.4. The molecule has 0 aromatic heterocycles. The average Bonchev–Trinajstić information content (AvgIpc) is 3.11. The Hall–Kier alpha value is -2.58. The van der Waals surface area contributed by atoms with Gasteiger partial charge in [-0.25, -0.2) is 13.1 Å². The van der Waals surface area contributed by atoms with Crippen molar-refractivity contribution in [2.24, 2.45) is 0 Å². The molecule has 1 N–H and O–H groups in total. The normalized spacial score (nSPS) is 14.4. The van der Waals surface area contributed by atoms with Crippen LogP contribution in [0.4, 0.5) is 5.69 Å². The maximum Gasteiger partial charge on any atom is 0.240 e. The van der Waals surface area contributed by atoms with Gasteiger partial charge in [-0.1, -0.05) is 12.1 Å². The second-order valence-electron chi connectivity index (χ2n) is 6.04. The van der Waals surface area contributed by atoms with Gasteiger partial charge in [-0.05, 0) is 42.8 Å². The minimum Gasteiger partial charge on any atom is -0.493 e. The predicted octanol–water partition coefficient (Wildman–Crippen LogP) is 2.18. The molecule has 2 aromatic carbocycles. The van der Waals surface area contributed by atoms with Gasteiger partial charge in [-0.3, -0.25) is 4.79 Å². The summed E-state index contributed by atoms with van der Waals surface area (Å²) in [5, 5.41) is 0. The van der Waals surface area contributed by atoms with E-state index in [2.05, 4.69) is 4.72 Å². The van der Waals surface area contributed by atoms with E-state index in [1.807, 2.05) is 12.1 Å². The molecule has 1 saturated heterocycles. The van der Waals surface area contributed by atoms with Gasteiger partial charge in [0, 0.05) is 25.2 Å². The first-order chi connectivity index (χ1) is 13.0. The van der Waals surface area contributed by atoms with Gasteiger partial charge in [-0.2, -0.15) is 0 Å². The van der Waals surface area contributed by atoms with E-state index in [1.165, 1.54) is 12.1 Å². The topological polar surface area (TPSA) is 84.9 Å². The summed E-state index contributed by atoms with van der Waals surface area (Å²) >= 11 is 0. The molecule has 1 fully saturated rings. The molecule has 1 heterocycles. The Bertz CT molecular complexity index is 897. The van der Waals surface area contributed by atoms with Crippen molar-refractivity contribution in [1.82, 2.24) is 4.72 Å². The van der Waals surface area contributed by atoms with Crippen molar-refractivity contribution in [2.45, 2.75) is 17.7 Å². The highest BCUT2D eigenvalue weighted by Gasteiger charge is 2.22. The van der Waals surface area contributed by atoms with Crippen LogP contribution in [0.2, 0.25) is 0 Å². The molecule has 1 amide bonds. The smallest absolute Gasteiger partial charge is 0.240 e. The predicted molar refractivity (Wildman–Crippen MR) is 102 cm³/mol. The van der Waals surface area contributed by atoms with Crippen LogP contribution in [-0.4, -0.2) is 41.1 Å². The van der Waals surface area contributed by atoms with Gasteiger partial charge in [0.05, 0.1) is 12.0 Å². The summed E-state index contributed by atoms with van der Waals surface area (Å²) in [5.74, 6) is 1.21. The molecule has 0 aliphatic carbocycles. The number of carbonyl (C=O) groups excluding carboxylic acids is 1. The van der Waals surface area contributed by atoms with Crippen LogP contribution < -0.4 is 19.1 Å². The minimum absolute atomic E-state index is 0.0669. The molecule has 1 aliphatic rings. The van der Waals surface area contributed by atoms with Gasteiger partial charge < -0.3 is 14.4 Å². The number of ether oxygens (including phenoxy) is 2. The summed E-state index contributed by atoms with van der Waals surface area (Å²) in [6.07, 6.45) is 1.36. The average molecular weight is 390 g/mol. The number of benzene rings is 2. The second kappa shape index (κ2) is 8.41. The SMILES string of the molecule is COc1ccccc1OCCNS(=O)(=O)c1ccc(N2CCCC2=O)cc1. The van der Waals surface area contributed by atoms with Crippen LogP contribution in [0.5, 0.6) is 11.5 Å². The number of para-hydroxylation sites is 2. The van der Waals surface area contributed by atoms with E-state index >= 15 is 0 Å². The first-order valence-corrected chi connectivity index (χ1v) is 10.2. The van der Waals surface area contributed by atoms with Crippen LogP contribution in [-0.2, 0) is 14.8 Å². The monoisotopic (exact) mass is 390 g/mol. The van der Waals surface area contributed by atoms with Crippen LogP contribution in [0, 0.1) is 0 Å². The van der Waals surface area contributed by atoms with Gasteiger partial charge in [0.25, 0.3) is 0 Å². The van der Waals surface area contributed by atoms with Gasteiger partial charge in [0.15, 0.2) is 11.5 Å². The van der Waals surface area contributed by atoms with Crippen LogP contribution in [0.3, 0.4) is 0 Å². The maximum absolute atomic E-state index is 12.4. The highest BCUT2D eigenvalue weighted by atomic mass is 32.2. The van der Waals surface area contributed by atoms with E-state index in [0.717, 1.165) is 12.1 Å². The third kappa shape index (κ3) is 4.58. The minimum atomic E-state index is -3.65. The van der Waals surface area contributed by atoms with E-state index in [-0.39, 0.29) is 24.0 Å². The molecule has 0 spiro atoms. The Morgan fingerprint density at radius 2 is 1.78 bits per heavy atom. The van der Waals surface area contributed by atoms with Crippen LogP contribution in [0.1, 0.15) is 12.8 Å². The molecular formula is C19H22N2O5S. The first-order valence-electron chi connectivity index (χ1n) is 8.67. The molecule has 0 saturated carbocycles. The molecule has 27 heavy (non-hydrogen) atoms. The van der Waals surface area contributed by atoms with E-state index in [9.17, 15) is 13.2 Å². The second-order valence-corrected chi connectivity index (χ2v) is 7.81. The van der Waals surface area contributed by atoms with E-state index < -0.39 is 10.0 Å². The quantitative estimate of drug-likeness (QED) is 0.699. The molecule has 2 aromatic rings. The zero-order valence-corrected chi connectivity index (χ0v) is 15.9. The molecule has 0 radical (unpaired) electrons. The van der Waals surface area contributed by atoms with Crippen molar-refractivity contribution in [3.8, 4) is 11.5 Å². The summed E-state index contributed by atoms with van der Waals surface area (Å²) in [5.41, 5.74) is 0.718. The van der Waals surface area contributed by atoms with E-state index in [0.29, 0.717) is 24.5 Å². The fourth-order valence-corrected chi connectivity index (χ4v) is 3.90. The third-order valence-corrected chi connectivity index (χ3v) is 5.73. The molecule has 1 aliphatic heterocycles. The summed E-state index contributed by atoms with van der Waals surface area (Å²) < 4.78 is 38.0. The summed E-state index contributed by atoms with van der Waals surface area (Å²) in [6, 6.07) is 13.5. The van der Waals surface area contributed by atoms with E-state index in [4.69, 9.17) is 9.47 Å². The fourth-order valence-electron chi connectivity index (χ4n) is 2.88. The lowest BCUT2D eigenvalue weighted by molar-refractivity contribution is -0.117. The molecular weight excluding hydrogens is 368 g/mol. The molecule has 3 rings (SSSR count).